The van der Waals surface area contributed by atoms with Gasteiger partial charge in [0.05, 0.1) is 11.8 Å². The summed E-state index contributed by atoms with van der Waals surface area (Å²) >= 11 is 12.2. The van der Waals surface area contributed by atoms with Gasteiger partial charge in [0.15, 0.2) is 5.84 Å². The van der Waals surface area contributed by atoms with Crippen LogP contribution in [0.4, 0.5) is 0 Å². The summed E-state index contributed by atoms with van der Waals surface area (Å²) in [5, 5.41) is 4.95. The van der Waals surface area contributed by atoms with Crippen LogP contribution in [-0.4, -0.2) is 11.8 Å². The predicted molar refractivity (Wildman–Crippen MR) is 89.2 cm³/mol. The highest BCUT2D eigenvalue weighted by Crippen LogP contribution is 2.51. The van der Waals surface area contributed by atoms with Crippen molar-refractivity contribution in [1.82, 2.24) is 0 Å². The molecule has 0 unspecified atom stereocenters. The van der Waals surface area contributed by atoms with Crippen LogP contribution in [0.3, 0.4) is 0 Å². The second-order valence-corrected chi connectivity index (χ2v) is 7.73. The molecule has 0 saturated heterocycles. The van der Waals surface area contributed by atoms with Gasteiger partial charge in [0.25, 0.3) is 0 Å². The van der Waals surface area contributed by atoms with Gasteiger partial charge in [-0.1, -0.05) is 55.2 Å². The molecular formula is C16H20Cl2N2O2. The van der Waals surface area contributed by atoms with Crippen molar-refractivity contribution >= 4 is 35.0 Å². The standard InChI is InChI=1S/C16H20Cl2N2O2/c1-15(2,3)9-13(21)22-20-14(19)16(6-7-16)11-5-4-10(17)8-12(11)18/h4-5,8H,6-7,9H2,1-3H3,(H2,19,20). The Labute approximate surface area is 140 Å². The molecular weight excluding hydrogens is 323 g/mol. The maximum absolute atomic E-state index is 11.7. The lowest BCUT2D eigenvalue weighted by Crippen LogP contribution is -2.30. The lowest BCUT2D eigenvalue weighted by atomic mass is 9.93. The number of benzene rings is 1. The lowest BCUT2D eigenvalue weighted by molar-refractivity contribution is -0.145. The van der Waals surface area contributed by atoms with Crippen molar-refractivity contribution in [2.75, 3.05) is 0 Å². The van der Waals surface area contributed by atoms with E-state index in [1.54, 1.807) is 12.1 Å². The predicted octanol–water partition coefficient (Wildman–Crippen LogP) is 4.28. The summed E-state index contributed by atoms with van der Waals surface area (Å²) < 4.78 is 0. The maximum atomic E-state index is 11.7. The topological polar surface area (TPSA) is 64.7 Å². The van der Waals surface area contributed by atoms with Crippen molar-refractivity contribution in [3.05, 3.63) is 33.8 Å². The molecule has 0 heterocycles. The molecule has 6 heteroatoms. The number of amidine groups is 1. The monoisotopic (exact) mass is 342 g/mol. The van der Waals surface area contributed by atoms with Crippen LogP contribution in [0, 0.1) is 5.41 Å². The normalized spacial score (nSPS) is 17.2. The minimum Gasteiger partial charge on any atom is -0.384 e. The average molecular weight is 343 g/mol. The minimum absolute atomic E-state index is 0.155. The molecule has 0 aromatic heterocycles. The van der Waals surface area contributed by atoms with Crippen molar-refractivity contribution in [2.24, 2.45) is 16.3 Å². The van der Waals surface area contributed by atoms with Crippen LogP contribution < -0.4 is 5.73 Å². The molecule has 1 fully saturated rings. The van der Waals surface area contributed by atoms with Crippen molar-refractivity contribution in [3.8, 4) is 0 Å². The zero-order valence-electron chi connectivity index (χ0n) is 13.0. The van der Waals surface area contributed by atoms with Crippen molar-refractivity contribution in [2.45, 2.75) is 45.4 Å². The first-order valence-electron chi connectivity index (χ1n) is 7.13. The Kier molecular flexibility index (Phi) is 4.73. The van der Waals surface area contributed by atoms with E-state index in [0.717, 1.165) is 18.4 Å². The highest BCUT2D eigenvalue weighted by molar-refractivity contribution is 6.35. The Hall–Kier alpha value is -1.26. The fourth-order valence-corrected chi connectivity index (χ4v) is 2.91. The zero-order valence-corrected chi connectivity index (χ0v) is 14.5. The Morgan fingerprint density at radius 1 is 1.36 bits per heavy atom. The molecule has 0 atom stereocenters. The van der Waals surface area contributed by atoms with Gasteiger partial charge in [-0.3, -0.25) is 0 Å². The van der Waals surface area contributed by atoms with Crippen LogP contribution in [0.2, 0.25) is 10.0 Å². The molecule has 1 aliphatic carbocycles. The summed E-state index contributed by atoms with van der Waals surface area (Å²) in [5.41, 5.74) is 6.32. The highest BCUT2D eigenvalue weighted by Gasteiger charge is 2.50. The van der Waals surface area contributed by atoms with Gasteiger partial charge in [0.2, 0.25) is 0 Å². The molecule has 0 bridgehead atoms. The van der Waals surface area contributed by atoms with E-state index in [1.807, 2.05) is 26.8 Å². The summed E-state index contributed by atoms with van der Waals surface area (Å²) in [6.07, 6.45) is 1.92. The number of nitrogens with zero attached hydrogens (tertiary/aromatic N) is 1. The van der Waals surface area contributed by atoms with Crippen LogP contribution in [0.15, 0.2) is 23.4 Å². The molecule has 1 aromatic rings. The van der Waals surface area contributed by atoms with E-state index >= 15 is 0 Å². The number of carbonyl (C=O) groups is 1. The average Bonchev–Trinajstić information content (AvgIpc) is 3.15. The zero-order chi connectivity index (χ0) is 16.5. The number of hydrogen-bond donors (Lipinski definition) is 1. The van der Waals surface area contributed by atoms with E-state index in [-0.39, 0.29) is 17.7 Å². The third kappa shape index (κ3) is 3.93. The first-order chi connectivity index (χ1) is 10.1. The summed E-state index contributed by atoms with van der Waals surface area (Å²) in [5.74, 6) is -0.118. The maximum Gasteiger partial charge on any atom is 0.335 e. The van der Waals surface area contributed by atoms with Crippen LogP contribution in [0.5, 0.6) is 0 Å². The van der Waals surface area contributed by atoms with Gasteiger partial charge in [0.1, 0.15) is 0 Å². The van der Waals surface area contributed by atoms with E-state index < -0.39 is 11.4 Å². The molecule has 1 saturated carbocycles. The molecule has 2 rings (SSSR count). The largest absolute Gasteiger partial charge is 0.384 e. The second-order valence-electron chi connectivity index (χ2n) is 6.88. The third-order valence-corrected chi connectivity index (χ3v) is 4.16. The van der Waals surface area contributed by atoms with E-state index in [4.69, 9.17) is 33.8 Å². The van der Waals surface area contributed by atoms with Gasteiger partial charge >= 0.3 is 5.97 Å². The molecule has 22 heavy (non-hydrogen) atoms. The van der Waals surface area contributed by atoms with Crippen molar-refractivity contribution < 1.29 is 9.63 Å². The molecule has 120 valence electrons. The van der Waals surface area contributed by atoms with Crippen LogP contribution >= 0.6 is 23.2 Å². The van der Waals surface area contributed by atoms with Crippen LogP contribution in [0.1, 0.15) is 45.6 Å². The summed E-state index contributed by atoms with van der Waals surface area (Å²) in [4.78, 5) is 16.7. The van der Waals surface area contributed by atoms with Gasteiger partial charge in [-0.15, -0.1) is 0 Å². The quantitative estimate of drug-likeness (QED) is 0.384. The molecule has 1 aliphatic rings. The van der Waals surface area contributed by atoms with Gasteiger partial charge in [-0.2, -0.15) is 0 Å². The number of halogens is 2. The van der Waals surface area contributed by atoms with Crippen LogP contribution in [-0.2, 0) is 15.0 Å². The molecule has 0 spiro atoms. The van der Waals surface area contributed by atoms with E-state index in [0.29, 0.717) is 10.0 Å². The summed E-state index contributed by atoms with van der Waals surface area (Å²) in [7, 11) is 0. The number of hydrogen-bond acceptors (Lipinski definition) is 3. The Bertz CT molecular complexity index is 617. The second kappa shape index (κ2) is 6.09. The molecule has 2 N–H and O–H groups in total. The number of oxime groups is 1. The molecule has 0 aliphatic heterocycles. The Balaban J connectivity index is 2.13. The summed E-state index contributed by atoms with van der Waals surface area (Å²) in [6.45, 7) is 5.87. The molecule has 0 amide bonds. The number of nitrogens with two attached hydrogens (primary N) is 1. The first-order valence-corrected chi connectivity index (χ1v) is 7.89. The van der Waals surface area contributed by atoms with Crippen molar-refractivity contribution in [1.29, 1.82) is 0 Å². The minimum atomic E-state index is -0.441. The highest BCUT2D eigenvalue weighted by atomic mass is 35.5. The smallest absolute Gasteiger partial charge is 0.335 e. The van der Waals surface area contributed by atoms with Gasteiger partial charge < -0.3 is 10.6 Å². The SMILES string of the molecule is CC(C)(C)CC(=O)O/N=C(\N)C1(c2ccc(Cl)cc2Cl)CC1. The molecule has 0 radical (unpaired) electrons. The first kappa shape index (κ1) is 17.1. The van der Waals surface area contributed by atoms with E-state index in [1.165, 1.54) is 0 Å². The van der Waals surface area contributed by atoms with Gasteiger partial charge in [-0.05, 0) is 36.0 Å². The van der Waals surface area contributed by atoms with Gasteiger partial charge in [-0.25, -0.2) is 4.79 Å². The lowest BCUT2D eigenvalue weighted by Gasteiger charge is -2.17. The Morgan fingerprint density at radius 2 is 2.00 bits per heavy atom. The summed E-state index contributed by atoms with van der Waals surface area (Å²) in [6, 6.07) is 5.29. The van der Waals surface area contributed by atoms with Crippen LogP contribution in [0.25, 0.3) is 0 Å². The van der Waals surface area contributed by atoms with Crippen molar-refractivity contribution in [3.63, 3.8) is 0 Å². The van der Waals surface area contributed by atoms with E-state index in [9.17, 15) is 4.79 Å². The van der Waals surface area contributed by atoms with E-state index in [2.05, 4.69) is 5.16 Å². The molecule has 4 nitrogen and oxygen atoms in total. The number of rotatable bonds is 4. The third-order valence-electron chi connectivity index (χ3n) is 3.61. The Morgan fingerprint density at radius 3 is 2.50 bits per heavy atom. The van der Waals surface area contributed by atoms with Gasteiger partial charge in [0, 0.05) is 10.0 Å². The number of carbonyl (C=O) groups excluding carboxylic acids is 1. The fraction of sp³-hybridized carbons (Fsp3) is 0.500. The fourth-order valence-electron chi connectivity index (χ4n) is 2.32. The molecule has 1 aromatic carbocycles.